The predicted molar refractivity (Wildman–Crippen MR) is 218 cm³/mol. The molecule has 294 valence electrons. The lowest BCUT2D eigenvalue weighted by molar-refractivity contribution is -0.103. The van der Waals surface area contributed by atoms with Crippen LogP contribution in [0.2, 0.25) is 0 Å². The maximum absolute atomic E-state index is 12.4. The molecule has 4 heterocycles. The molecule has 2 aromatic heterocycles. The minimum absolute atomic E-state index is 0.216. The molecule has 2 aliphatic heterocycles. The number of likely N-dealkylation sites (tertiary alicyclic amines) is 1. The first kappa shape index (κ1) is 37.8. The number of hydrogen-bond acceptors (Lipinski definition) is 9. The monoisotopic (exact) mass is 758 g/mol. The Morgan fingerprint density at radius 3 is 2.09 bits per heavy atom. The van der Waals surface area contributed by atoms with Crippen molar-refractivity contribution in [1.29, 1.82) is 0 Å². The highest BCUT2D eigenvalue weighted by Crippen LogP contribution is 2.37. The van der Waals surface area contributed by atoms with Crippen molar-refractivity contribution in [2.75, 3.05) is 44.2 Å². The number of piperidine rings is 1. The summed E-state index contributed by atoms with van der Waals surface area (Å²) in [6.07, 6.45) is 4.24. The third kappa shape index (κ3) is 8.95. The number of benzene rings is 3. The number of carbonyl (C=O) groups is 1. The van der Waals surface area contributed by atoms with Crippen molar-refractivity contribution < 1.29 is 23.7 Å². The highest BCUT2D eigenvalue weighted by atomic mass is 16.6. The minimum Gasteiger partial charge on any atom is -0.473 e. The summed E-state index contributed by atoms with van der Waals surface area (Å²) in [4.78, 5) is 24.2. The van der Waals surface area contributed by atoms with Crippen LogP contribution in [0, 0.1) is 0 Å². The molecule has 5 aromatic rings. The van der Waals surface area contributed by atoms with Crippen molar-refractivity contribution in [3.8, 4) is 23.0 Å². The molecular formula is C45H54N6O5. The van der Waals surface area contributed by atoms with Crippen LogP contribution in [0.1, 0.15) is 57.6 Å². The van der Waals surface area contributed by atoms with Gasteiger partial charge in [-0.2, -0.15) is 10.1 Å². The molecule has 0 N–H and O–H groups in total. The number of carbonyl (C=O) groups excluding carboxylic acids is 1. The zero-order valence-corrected chi connectivity index (χ0v) is 33.1. The number of aryl methyl sites for hydroxylation is 1. The molecule has 1 aliphatic carbocycles. The van der Waals surface area contributed by atoms with Gasteiger partial charge in [-0.15, -0.1) is 0 Å². The van der Waals surface area contributed by atoms with Crippen molar-refractivity contribution in [3.63, 3.8) is 0 Å². The Bertz CT molecular complexity index is 2080. The number of hydrogen-bond donors (Lipinski definition) is 0. The van der Waals surface area contributed by atoms with Crippen molar-refractivity contribution in [2.24, 2.45) is 7.05 Å². The standard InChI is InChI=1S/C45H54N6O5/c1-45(2,3)56-44(52)51-21-19-36(20-22-51)55-37-27-35(28-37)50-25-23-49(24-26-50)34-15-16-38-40(29-34)48(4)47-42(38)39-17-18-41(53-30-32-11-7-5-8-12-32)46-43(39)54-31-33-13-9-6-10-14-33/h5-18,29,35-37H,19-28,30-31H2,1-4H3/t35-,37-. The molecule has 3 aliphatic rings. The summed E-state index contributed by atoms with van der Waals surface area (Å²) in [7, 11) is 2.00. The van der Waals surface area contributed by atoms with E-state index in [0.29, 0.717) is 50.2 Å². The molecular weight excluding hydrogens is 705 g/mol. The topological polar surface area (TPSA) is 94.4 Å². The van der Waals surface area contributed by atoms with Crippen LogP contribution in [0.4, 0.5) is 10.5 Å². The zero-order chi connectivity index (χ0) is 38.6. The summed E-state index contributed by atoms with van der Waals surface area (Å²) in [5.74, 6) is 0.997. The number of nitrogens with zero attached hydrogens (tertiary/aromatic N) is 6. The smallest absolute Gasteiger partial charge is 0.410 e. The van der Waals surface area contributed by atoms with E-state index in [-0.39, 0.29) is 12.2 Å². The van der Waals surface area contributed by atoms with Gasteiger partial charge in [0.2, 0.25) is 11.8 Å². The average Bonchev–Trinajstić information content (AvgIpc) is 3.53. The number of fused-ring (bicyclic) bond motifs is 1. The van der Waals surface area contributed by atoms with E-state index >= 15 is 0 Å². The second-order valence-electron chi connectivity index (χ2n) is 16.3. The third-order valence-corrected chi connectivity index (χ3v) is 11.1. The molecule has 3 fully saturated rings. The van der Waals surface area contributed by atoms with Crippen LogP contribution in [0.3, 0.4) is 0 Å². The number of ether oxygens (including phenoxy) is 4. The van der Waals surface area contributed by atoms with Gasteiger partial charge in [-0.1, -0.05) is 60.7 Å². The highest BCUT2D eigenvalue weighted by molar-refractivity contribution is 5.96. The van der Waals surface area contributed by atoms with E-state index in [1.54, 1.807) is 0 Å². The second-order valence-corrected chi connectivity index (χ2v) is 16.3. The molecule has 1 saturated carbocycles. The van der Waals surface area contributed by atoms with Crippen molar-refractivity contribution >= 4 is 22.7 Å². The van der Waals surface area contributed by atoms with Gasteiger partial charge in [0.15, 0.2) is 0 Å². The summed E-state index contributed by atoms with van der Waals surface area (Å²) < 4.78 is 26.5. The molecule has 0 unspecified atom stereocenters. The summed E-state index contributed by atoms with van der Waals surface area (Å²) in [5.41, 5.74) is 5.60. The Morgan fingerprint density at radius 1 is 0.768 bits per heavy atom. The Kier molecular flexibility index (Phi) is 11.2. The number of anilines is 1. The number of rotatable bonds is 11. The van der Waals surface area contributed by atoms with Gasteiger partial charge < -0.3 is 28.7 Å². The molecule has 0 spiro atoms. The van der Waals surface area contributed by atoms with Crippen LogP contribution in [-0.2, 0) is 29.7 Å². The van der Waals surface area contributed by atoms with E-state index in [2.05, 4.69) is 28.0 Å². The molecule has 11 heteroatoms. The van der Waals surface area contributed by atoms with Crippen LogP contribution in [0.5, 0.6) is 11.8 Å². The lowest BCUT2D eigenvalue weighted by atomic mass is 9.87. The van der Waals surface area contributed by atoms with Gasteiger partial charge in [-0.05, 0) is 81.8 Å². The van der Waals surface area contributed by atoms with Gasteiger partial charge in [0, 0.05) is 69.5 Å². The molecule has 0 radical (unpaired) electrons. The molecule has 11 nitrogen and oxygen atoms in total. The molecule has 8 rings (SSSR count). The Hall–Kier alpha value is -5.13. The van der Waals surface area contributed by atoms with E-state index in [9.17, 15) is 4.79 Å². The number of pyridine rings is 1. The number of amides is 1. The summed E-state index contributed by atoms with van der Waals surface area (Å²) in [6, 6.07) is 31.4. The van der Waals surface area contributed by atoms with Crippen LogP contribution in [0.25, 0.3) is 22.2 Å². The summed E-state index contributed by atoms with van der Waals surface area (Å²) in [6.45, 7) is 12.0. The van der Waals surface area contributed by atoms with E-state index in [4.69, 9.17) is 29.0 Å². The lowest BCUT2D eigenvalue weighted by Crippen LogP contribution is -2.56. The SMILES string of the molecule is Cn1nc(-c2ccc(OCc3ccccc3)nc2OCc2ccccc2)c2ccc(N3CCN([C@H]4C[C@H](OC5CCN(C(=O)OC(C)(C)C)CC5)C4)CC3)cc21. The molecule has 2 saturated heterocycles. The average molecular weight is 759 g/mol. The fourth-order valence-corrected chi connectivity index (χ4v) is 7.96. The molecule has 0 bridgehead atoms. The van der Waals surface area contributed by atoms with Crippen molar-refractivity contribution in [3.05, 3.63) is 102 Å². The Labute approximate surface area is 330 Å². The molecule has 1 amide bonds. The maximum atomic E-state index is 12.4. The van der Waals surface area contributed by atoms with Gasteiger partial charge in [0.1, 0.15) is 24.5 Å². The van der Waals surface area contributed by atoms with E-state index in [1.807, 2.05) is 110 Å². The van der Waals surface area contributed by atoms with Crippen LogP contribution in [0.15, 0.2) is 91.0 Å². The molecule has 0 atom stereocenters. The number of aromatic nitrogens is 3. The fraction of sp³-hybridized carbons (Fsp3) is 0.444. The van der Waals surface area contributed by atoms with Gasteiger partial charge in [-0.25, -0.2) is 4.79 Å². The quantitative estimate of drug-likeness (QED) is 0.134. The maximum Gasteiger partial charge on any atom is 0.410 e. The lowest BCUT2D eigenvalue weighted by Gasteiger charge is -2.47. The van der Waals surface area contributed by atoms with Gasteiger partial charge in [0.25, 0.3) is 0 Å². The first-order valence-electron chi connectivity index (χ1n) is 20.1. The summed E-state index contributed by atoms with van der Waals surface area (Å²) >= 11 is 0. The van der Waals surface area contributed by atoms with E-state index in [1.165, 1.54) is 5.69 Å². The third-order valence-electron chi connectivity index (χ3n) is 11.1. The normalized spacial score (nSPS) is 19.5. The van der Waals surface area contributed by atoms with Gasteiger partial charge >= 0.3 is 6.09 Å². The Morgan fingerprint density at radius 2 is 1.43 bits per heavy atom. The first-order chi connectivity index (χ1) is 27.1. The van der Waals surface area contributed by atoms with Crippen LogP contribution in [-0.4, -0.2) is 93.8 Å². The zero-order valence-electron chi connectivity index (χ0n) is 33.1. The first-order valence-corrected chi connectivity index (χ1v) is 20.1. The van der Waals surface area contributed by atoms with Gasteiger partial charge in [0.05, 0.1) is 23.3 Å². The summed E-state index contributed by atoms with van der Waals surface area (Å²) in [5, 5.41) is 6.06. The van der Waals surface area contributed by atoms with Crippen molar-refractivity contribution in [2.45, 2.75) is 83.5 Å². The minimum atomic E-state index is -0.468. The van der Waals surface area contributed by atoms with E-state index in [0.717, 1.165) is 85.1 Å². The number of piperazine rings is 1. The largest absolute Gasteiger partial charge is 0.473 e. The van der Waals surface area contributed by atoms with Crippen LogP contribution >= 0.6 is 0 Å². The molecule has 3 aromatic carbocycles. The van der Waals surface area contributed by atoms with Crippen LogP contribution < -0.4 is 14.4 Å². The Balaban J connectivity index is 0.875. The van der Waals surface area contributed by atoms with Gasteiger partial charge in [-0.3, -0.25) is 9.58 Å². The highest BCUT2D eigenvalue weighted by Gasteiger charge is 2.38. The second kappa shape index (κ2) is 16.5. The predicted octanol–water partition coefficient (Wildman–Crippen LogP) is 7.86. The fourth-order valence-electron chi connectivity index (χ4n) is 7.96. The molecule has 56 heavy (non-hydrogen) atoms. The van der Waals surface area contributed by atoms with Crippen molar-refractivity contribution in [1.82, 2.24) is 24.6 Å². The van der Waals surface area contributed by atoms with E-state index < -0.39 is 5.60 Å².